The summed E-state index contributed by atoms with van der Waals surface area (Å²) in [5, 5.41) is 0.670. The molecule has 0 fully saturated rings. The second kappa shape index (κ2) is 4.24. The molecule has 0 aliphatic rings. The number of hydrogen-bond acceptors (Lipinski definition) is 2. The molecule has 2 N–H and O–H groups in total. The molecule has 96 valence electrons. The Hall–Kier alpha value is -1.62. The van der Waals surface area contributed by atoms with Crippen molar-refractivity contribution in [3.05, 3.63) is 41.1 Å². The molecular weight excluding hydrogens is 241 g/mol. The van der Waals surface area contributed by atoms with Gasteiger partial charge in [0.05, 0.1) is 11.1 Å². The topological polar surface area (TPSA) is 38.9 Å². The first-order valence-corrected chi connectivity index (χ1v) is 5.53. The van der Waals surface area contributed by atoms with Crippen molar-refractivity contribution in [2.75, 3.05) is 0 Å². The Morgan fingerprint density at radius 2 is 1.89 bits per heavy atom. The maximum absolute atomic E-state index is 12.6. The van der Waals surface area contributed by atoms with Crippen LogP contribution in [0.1, 0.15) is 29.8 Å². The van der Waals surface area contributed by atoms with Gasteiger partial charge in [-0.05, 0) is 37.6 Å². The van der Waals surface area contributed by atoms with E-state index in [1.54, 1.807) is 19.9 Å². The summed E-state index contributed by atoms with van der Waals surface area (Å²) in [7, 11) is 0. The molecule has 0 aliphatic carbocycles. The quantitative estimate of drug-likeness (QED) is 0.844. The second-order valence-corrected chi connectivity index (χ2v) is 4.37. The molecule has 18 heavy (non-hydrogen) atoms. The molecule has 2 aromatic rings. The smallest absolute Gasteiger partial charge is 0.324 e. The van der Waals surface area contributed by atoms with Gasteiger partial charge >= 0.3 is 6.18 Å². The summed E-state index contributed by atoms with van der Waals surface area (Å²) >= 11 is 0. The minimum absolute atomic E-state index is 0.245. The number of alkyl halides is 3. The lowest BCUT2D eigenvalue weighted by Crippen LogP contribution is -2.08. The standard InChI is InChI=1S/C13H13F3N2/c1-7-5-11(8(2)17)10-4-3-9(13(14,15)16)6-12(10)18-7/h3-6,8H,17H2,1-2H3. The third-order valence-corrected chi connectivity index (χ3v) is 2.79. The number of rotatable bonds is 1. The molecule has 0 bridgehead atoms. The molecule has 2 nitrogen and oxygen atoms in total. The number of nitrogens with two attached hydrogens (primary N) is 1. The molecule has 1 atom stereocenters. The van der Waals surface area contributed by atoms with E-state index in [1.807, 2.05) is 0 Å². The van der Waals surface area contributed by atoms with E-state index in [0.29, 0.717) is 16.6 Å². The van der Waals surface area contributed by atoms with Crippen LogP contribution < -0.4 is 5.73 Å². The number of aromatic nitrogens is 1. The summed E-state index contributed by atoms with van der Waals surface area (Å²) in [6, 6.07) is 5.12. The first kappa shape index (κ1) is 12.8. The van der Waals surface area contributed by atoms with Gasteiger partial charge in [0.1, 0.15) is 0 Å². The molecule has 0 aliphatic heterocycles. The van der Waals surface area contributed by atoms with E-state index >= 15 is 0 Å². The lowest BCUT2D eigenvalue weighted by molar-refractivity contribution is -0.137. The summed E-state index contributed by atoms with van der Waals surface area (Å²) in [6.07, 6.45) is -4.35. The highest BCUT2D eigenvalue weighted by Crippen LogP contribution is 2.32. The Kier molecular flexibility index (Phi) is 3.02. The molecule has 0 radical (unpaired) electrons. The molecule has 0 spiro atoms. The van der Waals surface area contributed by atoms with Gasteiger partial charge in [-0.2, -0.15) is 13.2 Å². The van der Waals surface area contributed by atoms with Crippen molar-refractivity contribution in [2.45, 2.75) is 26.1 Å². The van der Waals surface area contributed by atoms with Crippen LogP contribution in [0.25, 0.3) is 10.9 Å². The van der Waals surface area contributed by atoms with E-state index in [4.69, 9.17) is 5.73 Å². The van der Waals surface area contributed by atoms with E-state index in [1.165, 1.54) is 6.07 Å². The maximum atomic E-state index is 12.6. The summed E-state index contributed by atoms with van der Waals surface area (Å²) in [5.74, 6) is 0. The maximum Gasteiger partial charge on any atom is 0.416 e. The van der Waals surface area contributed by atoms with Crippen LogP contribution >= 0.6 is 0 Å². The molecule has 2 rings (SSSR count). The highest BCUT2D eigenvalue weighted by molar-refractivity contribution is 5.83. The molecule has 5 heteroatoms. The summed E-state index contributed by atoms with van der Waals surface area (Å²) < 4.78 is 37.9. The zero-order valence-corrected chi connectivity index (χ0v) is 10.0. The first-order chi connectivity index (χ1) is 8.29. The Balaban J connectivity index is 2.72. The van der Waals surface area contributed by atoms with Crippen molar-refractivity contribution in [1.82, 2.24) is 4.98 Å². The normalized spacial score (nSPS) is 13.9. The monoisotopic (exact) mass is 254 g/mol. The van der Waals surface area contributed by atoms with Crippen LogP contribution in [0.2, 0.25) is 0 Å². The fourth-order valence-corrected chi connectivity index (χ4v) is 1.95. The largest absolute Gasteiger partial charge is 0.416 e. The third kappa shape index (κ3) is 2.31. The van der Waals surface area contributed by atoms with E-state index in [0.717, 1.165) is 17.7 Å². The molecule has 1 unspecified atom stereocenters. The first-order valence-electron chi connectivity index (χ1n) is 5.53. The van der Waals surface area contributed by atoms with Gasteiger partial charge in [-0.15, -0.1) is 0 Å². The van der Waals surface area contributed by atoms with Crippen molar-refractivity contribution in [3.63, 3.8) is 0 Å². The van der Waals surface area contributed by atoms with Crippen molar-refractivity contribution < 1.29 is 13.2 Å². The van der Waals surface area contributed by atoms with Crippen LogP contribution in [0, 0.1) is 6.92 Å². The molecular formula is C13H13F3N2. The Bertz CT molecular complexity index is 589. The van der Waals surface area contributed by atoms with Gasteiger partial charge in [0.15, 0.2) is 0 Å². The zero-order chi connectivity index (χ0) is 13.5. The predicted molar refractivity (Wildman–Crippen MR) is 64.1 cm³/mol. The second-order valence-electron chi connectivity index (χ2n) is 4.37. The van der Waals surface area contributed by atoms with Gasteiger partial charge < -0.3 is 5.73 Å². The van der Waals surface area contributed by atoms with Gasteiger partial charge in [-0.3, -0.25) is 4.98 Å². The third-order valence-electron chi connectivity index (χ3n) is 2.79. The van der Waals surface area contributed by atoms with E-state index in [2.05, 4.69) is 4.98 Å². The van der Waals surface area contributed by atoms with Crippen LogP contribution in [0.4, 0.5) is 13.2 Å². The molecule has 0 amide bonds. The number of nitrogens with zero attached hydrogens (tertiary/aromatic N) is 1. The lowest BCUT2D eigenvalue weighted by atomic mass is 10.0. The Morgan fingerprint density at radius 1 is 1.22 bits per heavy atom. The highest BCUT2D eigenvalue weighted by atomic mass is 19.4. The Labute approximate surface area is 103 Å². The fraction of sp³-hybridized carbons (Fsp3) is 0.308. The fourth-order valence-electron chi connectivity index (χ4n) is 1.95. The lowest BCUT2D eigenvalue weighted by Gasteiger charge is -2.13. The van der Waals surface area contributed by atoms with E-state index in [9.17, 15) is 13.2 Å². The average molecular weight is 254 g/mol. The number of hydrogen-bond donors (Lipinski definition) is 1. The van der Waals surface area contributed by atoms with Crippen LogP contribution in [0.15, 0.2) is 24.3 Å². The van der Waals surface area contributed by atoms with Gasteiger partial charge in [-0.25, -0.2) is 0 Å². The molecule has 1 heterocycles. The Morgan fingerprint density at radius 3 is 2.44 bits per heavy atom. The zero-order valence-electron chi connectivity index (χ0n) is 10.0. The summed E-state index contributed by atoms with van der Waals surface area (Å²) in [6.45, 7) is 3.54. The van der Waals surface area contributed by atoms with Crippen LogP contribution in [0.5, 0.6) is 0 Å². The van der Waals surface area contributed by atoms with Crippen LogP contribution in [-0.4, -0.2) is 4.98 Å². The summed E-state index contributed by atoms with van der Waals surface area (Å²) in [4.78, 5) is 4.14. The van der Waals surface area contributed by atoms with Gasteiger partial charge in [0, 0.05) is 17.1 Å². The van der Waals surface area contributed by atoms with Crippen molar-refractivity contribution in [3.8, 4) is 0 Å². The highest BCUT2D eigenvalue weighted by Gasteiger charge is 2.30. The SMILES string of the molecule is Cc1cc(C(C)N)c2ccc(C(F)(F)F)cc2n1. The predicted octanol–water partition coefficient (Wildman–Crippen LogP) is 3.58. The number of fused-ring (bicyclic) bond motifs is 1. The van der Waals surface area contributed by atoms with E-state index in [-0.39, 0.29) is 6.04 Å². The minimum atomic E-state index is -4.35. The van der Waals surface area contributed by atoms with Crippen molar-refractivity contribution >= 4 is 10.9 Å². The van der Waals surface area contributed by atoms with Crippen LogP contribution in [-0.2, 0) is 6.18 Å². The summed E-state index contributed by atoms with van der Waals surface area (Å²) in [5.41, 5.74) is 6.93. The molecule has 0 saturated heterocycles. The minimum Gasteiger partial charge on any atom is -0.324 e. The molecule has 1 aromatic heterocycles. The average Bonchev–Trinajstić information content (AvgIpc) is 2.25. The van der Waals surface area contributed by atoms with Gasteiger partial charge in [-0.1, -0.05) is 6.07 Å². The number of pyridine rings is 1. The molecule has 1 aromatic carbocycles. The van der Waals surface area contributed by atoms with E-state index < -0.39 is 11.7 Å². The van der Waals surface area contributed by atoms with Crippen molar-refractivity contribution in [1.29, 1.82) is 0 Å². The number of benzene rings is 1. The van der Waals surface area contributed by atoms with Gasteiger partial charge in [0.2, 0.25) is 0 Å². The number of aryl methyl sites for hydroxylation is 1. The molecule has 0 saturated carbocycles. The number of halogens is 3. The van der Waals surface area contributed by atoms with Crippen molar-refractivity contribution in [2.24, 2.45) is 5.73 Å². The van der Waals surface area contributed by atoms with Crippen LogP contribution in [0.3, 0.4) is 0 Å². The van der Waals surface area contributed by atoms with Gasteiger partial charge in [0.25, 0.3) is 0 Å².